The Hall–Kier alpha value is -1.19. The topological polar surface area (TPSA) is 12.0 Å². The highest BCUT2D eigenvalue weighted by Crippen LogP contribution is 2.33. The van der Waals surface area contributed by atoms with Crippen LogP contribution in [0.1, 0.15) is 29.8 Å². The molecule has 1 N–H and O–H groups in total. The molecule has 0 aliphatic carbocycles. The second-order valence-electron chi connectivity index (χ2n) is 4.43. The minimum Gasteiger partial charge on any atom is -0.312 e. The van der Waals surface area contributed by atoms with Gasteiger partial charge in [0, 0.05) is 21.4 Å². The molecular weight excluding hydrogens is 245 g/mol. The van der Waals surface area contributed by atoms with Gasteiger partial charge in [0.15, 0.2) is 0 Å². The molecule has 1 atom stereocenters. The van der Waals surface area contributed by atoms with Crippen molar-refractivity contribution in [1.82, 2.24) is 5.32 Å². The van der Waals surface area contributed by atoms with Crippen LogP contribution in [0.5, 0.6) is 0 Å². The third-order valence-electron chi connectivity index (χ3n) is 3.12. The Morgan fingerprint density at radius 3 is 2.67 bits per heavy atom. The van der Waals surface area contributed by atoms with Crippen molar-refractivity contribution in [1.29, 1.82) is 0 Å². The Labute approximate surface area is 112 Å². The first-order valence-electron chi connectivity index (χ1n) is 6.19. The lowest BCUT2D eigenvalue weighted by Gasteiger charge is -2.10. The van der Waals surface area contributed by atoms with E-state index in [1.165, 1.54) is 4.88 Å². The first-order valence-corrected chi connectivity index (χ1v) is 7.01. The molecule has 2 aromatic rings. The van der Waals surface area contributed by atoms with Gasteiger partial charge in [0.1, 0.15) is 5.82 Å². The summed E-state index contributed by atoms with van der Waals surface area (Å²) < 4.78 is 13.9. The number of rotatable bonds is 4. The van der Waals surface area contributed by atoms with Gasteiger partial charge in [0.2, 0.25) is 0 Å². The molecule has 3 heteroatoms. The van der Waals surface area contributed by atoms with Crippen LogP contribution < -0.4 is 5.32 Å². The third-order valence-corrected chi connectivity index (χ3v) is 4.35. The summed E-state index contributed by atoms with van der Waals surface area (Å²) in [6, 6.07) is 9.85. The van der Waals surface area contributed by atoms with Crippen LogP contribution in [0.25, 0.3) is 10.4 Å². The normalized spacial score (nSPS) is 12.7. The highest BCUT2D eigenvalue weighted by atomic mass is 32.1. The van der Waals surface area contributed by atoms with Gasteiger partial charge in [0.25, 0.3) is 0 Å². The summed E-state index contributed by atoms with van der Waals surface area (Å²) in [5.74, 6) is -0.138. The number of aryl methyl sites for hydroxylation is 1. The van der Waals surface area contributed by atoms with E-state index in [0.29, 0.717) is 11.6 Å². The number of nitrogens with one attached hydrogen (secondary N) is 1. The van der Waals surface area contributed by atoms with Gasteiger partial charge in [-0.2, -0.15) is 0 Å². The zero-order valence-corrected chi connectivity index (χ0v) is 11.8. The molecule has 1 aromatic carbocycles. The van der Waals surface area contributed by atoms with Crippen molar-refractivity contribution in [2.45, 2.75) is 26.3 Å². The first kappa shape index (κ1) is 13.2. The molecule has 0 fully saturated rings. The lowest BCUT2D eigenvalue weighted by Crippen LogP contribution is -2.13. The molecule has 0 amide bonds. The molecule has 0 bridgehead atoms. The summed E-state index contributed by atoms with van der Waals surface area (Å²) in [5, 5.41) is 3.27. The zero-order valence-electron chi connectivity index (χ0n) is 11.0. The molecule has 18 heavy (non-hydrogen) atoms. The summed E-state index contributed by atoms with van der Waals surface area (Å²) in [5.41, 5.74) is 1.65. The zero-order chi connectivity index (χ0) is 13.1. The first-order chi connectivity index (χ1) is 8.65. The van der Waals surface area contributed by atoms with Crippen molar-refractivity contribution in [3.63, 3.8) is 0 Å². The van der Waals surface area contributed by atoms with E-state index in [9.17, 15) is 4.39 Å². The minimum absolute atomic E-state index is 0.138. The van der Waals surface area contributed by atoms with Crippen molar-refractivity contribution >= 4 is 11.3 Å². The number of benzene rings is 1. The molecule has 0 aliphatic rings. The Bertz CT molecular complexity index is 529. The smallest absolute Gasteiger partial charge is 0.132 e. The van der Waals surface area contributed by atoms with Crippen molar-refractivity contribution in [3.8, 4) is 10.4 Å². The molecule has 0 aliphatic heterocycles. The maximum atomic E-state index is 13.9. The second-order valence-corrected chi connectivity index (χ2v) is 5.55. The summed E-state index contributed by atoms with van der Waals surface area (Å²) in [7, 11) is 1.96. The van der Waals surface area contributed by atoms with Crippen molar-refractivity contribution in [2.24, 2.45) is 0 Å². The van der Waals surface area contributed by atoms with Gasteiger partial charge in [-0.25, -0.2) is 4.39 Å². The molecule has 1 heterocycles. The molecule has 0 radical (unpaired) electrons. The van der Waals surface area contributed by atoms with Crippen LogP contribution >= 0.6 is 11.3 Å². The van der Waals surface area contributed by atoms with Crippen LogP contribution in [0.2, 0.25) is 0 Å². The van der Waals surface area contributed by atoms with E-state index in [1.807, 2.05) is 32.2 Å². The summed E-state index contributed by atoms with van der Waals surface area (Å²) in [6.07, 6.45) is 1.03. The number of hydrogen-bond acceptors (Lipinski definition) is 2. The van der Waals surface area contributed by atoms with Crippen LogP contribution in [-0.2, 0) is 0 Å². The fraction of sp³-hybridized carbons (Fsp3) is 0.333. The van der Waals surface area contributed by atoms with Gasteiger partial charge in [0.05, 0.1) is 0 Å². The Kier molecular flexibility index (Phi) is 4.15. The Balaban J connectivity index is 2.34. The minimum atomic E-state index is -0.138. The van der Waals surface area contributed by atoms with Crippen LogP contribution in [0, 0.1) is 12.7 Å². The molecule has 0 saturated carbocycles. The van der Waals surface area contributed by atoms with Crippen molar-refractivity contribution < 1.29 is 4.39 Å². The van der Waals surface area contributed by atoms with Gasteiger partial charge in [-0.1, -0.05) is 19.1 Å². The second kappa shape index (κ2) is 5.63. The Morgan fingerprint density at radius 2 is 2.06 bits per heavy atom. The molecule has 1 unspecified atom stereocenters. The summed E-state index contributed by atoms with van der Waals surface area (Å²) >= 11 is 1.66. The van der Waals surface area contributed by atoms with E-state index in [4.69, 9.17) is 0 Å². The molecule has 96 valence electrons. The van der Waals surface area contributed by atoms with E-state index >= 15 is 0 Å². The van der Waals surface area contributed by atoms with Crippen LogP contribution in [0.4, 0.5) is 4.39 Å². The van der Waals surface area contributed by atoms with Crippen molar-refractivity contribution in [2.75, 3.05) is 7.05 Å². The Morgan fingerprint density at radius 1 is 1.28 bits per heavy atom. The SMILES string of the molecule is CCC(NC)c1ccc(-c2ccc(C)cc2F)s1. The fourth-order valence-corrected chi connectivity index (χ4v) is 3.28. The molecule has 0 spiro atoms. The van der Waals surface area contributed by atoms with Gasteiger partial charge in [-0.05, 0) is 44.2 Å². The van der Waals surface area contributed by atoms with Gasteiger partial charge in [-0.3, -0.25) is 0 Å². The van der Waals surface area contributed by atoms with Crippen LogP contribution in [0.3, 0.4) is 0 Å². The predicted octanol–water partition coefficient (Wildman–Crippen LogP) is 4.53. The van der Waals surface area contributed by atoms with Gasteiger partial charge < -0.3 is 5.32 Å². The van der Waals surface area contributed by atoms with Gasteiger partial charge in [-0.15, -0.1) is 11.3 Å². The number of hydrogen-bond donors (Lipinski definition) is 1. The summed E-state index contributed by atoms with van der Waals surface area (Å²) in [4.78, 5) is 2.26. The largest absolute Gasteiger partial charge is 0.312 e. The lowest BCUT2D eigenvalue weighted by molar-refractivity contribution is 0.586. The van der Waals surface area contributed by atoms with Gasteiger partial charge >= 0.3 is 0 Å². The molecule has 0 saturated heterocycles. The monoisotopic (exact) mass is 263 g/mol. The molecular formula is C15H18FNS. The van der Waals surface area contributed by atoms with Crippen LogP contribution in [-0.4, -0.2) is 7.05 Å². The maximum Gasteiger partial charge on any atom is 0.132 e. The van der Waals surface area contributed by atoms with E-state index < -0.39 is 0 Å². The van der Waals surface area contributed by atoms with Crippen LogP contribution in [0.15, 0.2) is 30.3 Å². The van der Waals surface area contributed by atoms with E-state index in [0.717, 1.165) is 16.9 Å². The van der Waals surface area contributed by atoms with E-state index in [1.54, 1.807) is 17.4 Å². The average molecular weight is 263 g/mol. The fourth-order valence-electron chi connectivity index (χ4n) is 2.05. The highest BCUT2D eigenvalue weighted by molar-refractivity contribution is 7.15. The number of thiophene rings is 1. The average Bonchev–Trinajstić information content (AvgIpc) is 2.80. The standard InChI is InChI=1S/C15H18FNS/c1-4-13(17-3)15-8-7-14(18-15)11-6-5-10(2)9-12(11)16/h5-9,13,17H,4H2,1-3H3. The highest BCUT2D eigenvalue weighted by Gasteiger charge is 2.12. The van der Waals surface area contributed by atoms with Crippen molar-refractivity contribution in [3.05, 3.63) is 46.6 Å². The molecule has 2 rings (SSSR count). The number of halogens is 1. The van der Waals surface area contributed by atoms with E-state index in [2.05, 4.69) is 18.3 Å². The lowest BCUT2D eigenvalue weighted by atomic mass is 10.1. The summed E-state index contributed by atoms with van der Waals surface area (Å²) in [6.45, 7) is 4.05. The predicted molar refractivity (Wildman–Crippen MR) is 76.5 cm³/mol. The molecule has 1 nitrogen and oxygen atoms in total. The quantitative estimate of drug-likeness (QED) is 0.854. The van der Waals surface area contributed by atoms with E-state index in [-0.39, 0.29) is 5.82 Å². The molecule has 1 aromatic heterocycles. The maximum absolute atomic E-state index is 13.9. The third kappa shape index (κ3) is 2.62.